The third kappa shape index (κ3) is 5.09. The van der Waals surface area contributed by atoms with Crippen LogP contribution >= 0.6 is 23.4 Å². The molecule has 0 radical (unpaired) electrons. The van der Waals surface area contributed by atoms with Crippen LogP contribution in [0.15, 0.2) is 75.0 Å². The van der Waals surface area contributed by atoms with E-state index in [4.69, 9.17) is 25.7 Å². The zero-order valence-corrected chi connectivity index (χ0v) is 19.4. The van der Waals surface area contributed by atoms with Crippen LogP contribution in [-0.4, -0.2) is 29.1 Å². The van der Waals surface area contributed by atoms with E-state index in [0.29, 0.717) is 34.0 Å². The summed E-state index contributed by atoms with van der Waals surface area (Å²) in [6.45, 7) is 5.21. The summed E-state index contributed by atoms with van der Waals surface area (Å²) in [6.07, 6.45) is 2.61. The quantitative estimate of drug-likeness (QED) is 0.351. The van der Waals surface area contributed by atoms with E-state index in [0.717, 1.165) is 29.2 Å². The molecule has 0 saturated carbocycles. The zero-order chi connectivity index (χ0) is 22.5. The van der Waals surface area contributed by atoms with Crippen molar-refractivity contribution < 1.29 is 13.9 Å². The number of aliphatic imine (C=N–C) groups is 1. The summed E-state index contributed by atoms with van der Waals surface area (Å²) in [5.41, 5.74) is 1.70. The minimum atomic E-state index is -0.0639. The van der Waals surface area contributed by atoms with Crippen LogP contribution in [-0.2, 0) is 4.79 Å². The van der Waals surface area contributed by atoms with Crippen molar-refractivity contribution in [2.75, 3.05) is 13.2 Å². The fourth-order valence-corrected chi connectivity index (χ4v) is 4.37. The molecule has 7 heteroatoms. The highest BCUT2D eigenvalue weighted by atomic mass is 35.5. The summed E-state index contributed by atoms with van der Waals surface area (Å²) in [4.78, 5) is 20.0. The molecule has 1 amide bonds. The topological polar surface area (TPSA) is 55.0 Å². The van der Waals surface area contributed by atoms with Gasteiger partial charge in [-0.3, -0.25) is 9.69 Å². The second-order valence-electron chi connectivity index (χ2n) is 7.10. The molecule has 2 aromatic carbocycles. The molecule has 164 valence electrons. The molecule has 1 aliphatic rings. The number of carbonyl (C=O) groups is 1. The van der Waals surface area contributed by atoms with E-state index in [1.165, 1.54) is 11.8 Å². The second kappa shape index (κ2) is 10.1. The SMILES string of the molecule is CCCN1C(=O)C(=Cc2ccc(-c3ccc(Cl)cc3)o2)SC1=Nc1ccc(OCC)cc1. The van der Waals surface area contributed by atoms with Gasteiger partial charge in [-0.1, -0.05) is 18.5 Å². The van der Waals surface area contributed by atoms with Crippen LogP contribution < -0.4 is 4.74 Å². The third-order valence-electron chi connectivity index (χ3n) is 4.74. The molecule has 1 fully saturated rings. The Labute approximate surface area is 196 Å². The summed E-state index contributed by atoms with van der Waals surface area (Å²) < 4.78 is 11.4. The number of amidine groups is 1. The Hall–Kier alpha value is -2.96. The summed E-state index contributed by atoms with van der Waals surface area (Å²) in [6, 6.07) is 18.7. The Morgan fingerprint density at radius 2 is 1.81 bits per heavy atom. The van der Waals surface area contributed by atoms with Crippen LogP contribution in [0.2, 0.25) is 5.02 Å². The fraction of sp³-hybridized carbons (Fsp3) is 0.200. The van der Waals surface area contributed by atoms with E-state index in [1.807, 2.05) is 74.5 Å². The lowest BCUT2D eigenvalue weighted by Crippen LogP contribution is -2.29. The number of amides is 1. The predicted molar refractivity (Wildman–Crippen MR) is 131 cm³/mol. The van der Waals surface area contributed by atoms with Gasteiger partial charge in [-0.25, -0.2) is 4.99 Å². The molecule has 0 unspecified atom stereocenters. The number of hydrogen-bond donors (Lipinski definition) is 0. The maximum atomic E-state index is 13.0. The maximum absolute atomic E-state index is 13.0. The monoisotopic (exact) mass is 466 g/mol. The number of halogens is 1. The van der Waals surface area contributed by atoms with Crippen molar-refractivity contribution in [3.8, 4) is 17.1 Å². The molecular weight excluding hydrogens is 444 g/mol. The fourth-order valence-electron chi connectivity index (χ4n) is 3.24. The first kappa shape index (κ1) is 22.2. The van der Waals surface area contributed by atoms with Crippen LogP contribution in [0, 0.1) is 0 Å². The van der Waals surface area contributed by atoms with Gasteiger partial charge in [-0.2, -0.15) is 0 Å². The molecule has 0 bridgehead atoms. The molecular formula is C25H23ClN2O3S. The first-order valence-electron chi connectivity index (χ1n) is 10.5. The third-order valence-corrected chi connectivity index (χ3v) is 6.00. The van der Waals surface area contributed by atoms with Gasteiger partial charge >= 0.3 is 0 Å². The van der Waals surface area contributed by atoms with Crippen molar-refractivity contribution >= 4 is 46.2 Å². The van der Waals surface area contributed by atoms with Gasteiger partial charge in [-0.05, 0) is 85.8 Å². The first-order valence-corrected chi connectivity index (χ1v) is 11.7. The Morgan fingerprint density at radius 3 is 2.50 bits per heavy atom. The molecule has 2 heterocycles. The van der Waals surface area contributed by atoms with E-state index >= 15 is 0 Å². The average Bonchev–Trinajstić information content (AvgIpc) is 3.37. The van der Waals surface area contributed by atoms with Gasteiger partial charge in [0, 0.05) is 23.2 Å². The number of thioether (sulfide) groups is 1. The van der Waals surface area contributed by atoms with E-state index in [-0.39, 0.29) is 5.91 Å². The van der Waals surface area contributed by atoms with Crippen LogP contribution in [0.3, 0.4) is 0 Å². The van der Waals surface area contributed by atoms with Gasteiger partial charge in [0.25, 0.3) is 5.91 Å². The standard InChI is InChI=1S/C25H23ClN2O3S/c1-3-15-28-24(29)23(32-25(28)27-19-9-11-20(12-10-19)30-4-2)16-21-13-14-22(31-21)17-5-7-18(26)8-6-17/h5-14,16H,3-4,15H2,1-2H3. The predicted octanol–water partition coefficient (Wildman–Crippen LogP) is 7.01. The molecule has 0 aliphatic carbocycles. The molecule has 3 aromatic rings. The summed E-state index contributed by atoms with van der Waals surface area (Å²) in [5, 5.41) is 1.34. The summed E-state index contributed by atoms with van der Waals surface area (Å²) in [7, 11) is 0. The van der Waals surface area contributed by atoms with E-state index in [2.05, 4.69) is 0 Å². The maximum Gasteiger partial charge on any atom is 0.266 e. The molecule has 4 rings (SSSR count). The van der Waals surface area contributed by atoms with Crippen molar-refractivity contribution in [1.29, 1.82) is 0 Å². The van der Waals surface area contributed by atoms with E-state index in [9.17, 15) is 4.79 Å². The van der Waals surface area contributed by atoms with Gasteiger partial charge in [-0.15, -0.1) is 0 Å². The van der Waals surface area contributed by atoms with E-state index < -0.39 is 0 Å². The molecule has 1 saturated heterocycles. The van der Waals surface area contributed by atoms with Crippen LogP contribution in [0.25, 0.3) is 17.4 Å². The molecule has 1 aromatic heterocycles. The average molecular weight is 467 g/mol. The minimum absolute atomic E-state index is 0.0639. The van der Waals surface area contributed by atoms with Crippen LogP contribution in [0.4, 0.5) is 5.69 Å². The molecule has 32 heavy (non-hydrogen) atoms. The number of ether oxygens (including phenoxy) is 1. The number of rotatable bonds is 7. The van der Waals surface area contributed by atoms with Crippen molar-refractivity contribution in [2.24, 2.45) is 4.99 Å². The Morgan fingerprint density at radius 1 is 1.06 bits per heavy atom. The largest absolute Gasteiger partial charge is 0.494 e. The zero-order valence-electron chi connectivity index (χ0n) is 17.9. The van der Waals surface area contributed by atoms with Gasteiger partial charge in [0.2, 0.25) is 0 Å². The van der Waals surface area contributed by atoms with Gasteiger partial charge < -0.3 is 9.15 Å². The highest BCUT2D eigenvalue weighted by molar-refractivity contribution is 8.18. The molecule has 1 aliphatic heterocycles. The van der Waals surface area contributed by atoms with Crippen molar-refractivity contribution in [2.45, 2.75) is 20.3 Å². The van der Waals surface area contributed by atoms with Gasteiger partial charge in [0.05, 0.1) is 17.2 Å². The highest BCUT2D eigenvalue weighted by Gasteiger charge is 2.33. The van der Waals surface area contributed by atoms with E-state index in [1.54, 1.807) is 11.0 Å². The number of nitrogens with zero attached hydrogens (tertiary/aromatic N) is 2. The lowest BCUT2D eigenvalue weighted by molar-refractivity contribution is -0.122. The molecule has 5 nitrogen and oxygen atoms in total. The minimum Gasteiger partial charge on any atom is -0.494 e. The number of benzene rings is 2. The molecule has 0 N–H and O–H groups in total. The lowest BCUT2D eigenvalue weighted by atomic mass is 10.2. The molecule has 0 atom stereocenters. The van der Waals surface area contributed by atoms with Crippen molar-refractivity contribution in [3.05, 3.63) is 76.4 Å². The van der Waals surface area contributed by atoms with Crippen molar-refractivity contribution in [1.82, 2.24) is 4.90 Å². The second-order valence-corrected chi connectivity index (χ2v) is 8.54. The Kier molecular flexibility index (Phi) is 7.02. The van der Waals surface area contributed by atoms with Gasteiger partial charge in [0.1, 0.15) is 17.3 Å². The molecule has 0 spiro atoms. The first-order chi connectivity index (χ1) is 15.6. The summed E-state index contributed by atoms with van der Waals surface area (Å²) in [5.74, 6) is 2.07. The van der Waals surface area contributed by atoms with Crippen molar-refractivity contribution in [3.63, 3.8) is 0 Å². The van der Waals surface area contributed by atoms with Crippen LogP contribution in [0.1, 0.15) is 26.0 Å². The van der Waals surface area contributed by atoms with Crippen LogP contribution in [0.5, 0.6) is 5.75 Å². The Balaban J connectivity index is 1.58. The highest BCUT2D eigenvalue weighted by Crippen LogP contribution is 2.35. The van der Waals surface area contributed by atoms with Gasteiger partial charge in [0.15, 0.2) is 5.17 Å². The number of carbonyl (C=O) groups excluding carboxylic acids is 1. The summed E-state index contributed by atoms with van der Waals surface area (Å²) >= 11 is 7.32. The normalized spacial score (nSPS) is 16.3. The number of furan rings is 1. The number of hydrogen-bond acceptors (Lipinski definition) is 5. The smallest absolute Gasteiger partial charge is 0.266 e. The Bertz CT molecular complexity index is 1150. The lowest BCUT2D eigenvalue weighted by Gasteiger charge is -2.14.